The molecule has 0 unspecified atom stereocenters. The number of aryl methyl sites for hydroxylation is 1. The second-order valence-corrected chi connectivity index (χ2v) is 4.65. The minimum atomic E-state index is -0.440. The summed E-state index contributed by atoms with van der Waals surface area (Å²) < 4.78 is 1.73. The van der Waals surface area contributed by atoms with E-state index in [9.17, 15) is 9.59 Å². The molecule has 19 heavy (non-hydrogen) atoms. The smallest absolute Gasteiger partial charge is 0.261 e. The Hall–Kier alpha value is -2.37. The first-order chi connectivity index (χ1) is 8.97. The second-order valence-electron chi connectivity index (χ2n) is 4.65. The van der Waals surface area contributed by atoms with Gasteiger partial charge in [0.1, 0.15) is 5.56 Å². The van der Waals surface area contributed by atoms with Gasteiger partial charge in [0, 0.05) is 30.2 Å². The summed E-state index contributed by atoms with van der Waals surface area (Å²) >= 11 is 0. The van der Waals surface area contributed by atoms with Crippen LogP contribution in [0.1, 0.15) is 35.9 Å². The standard InChI is InChI=1S/C13H16N4O2/c1-8(2)17-7-10(5-15-17)16-13(19)11-6-14-9(3)4-12(11)18/h4-8H,1-3H3,(H,14,18)(H,16,19). The van der Waals surface area contributed by atoms with Gasteiger partial charge < -0.3 is 10.3 Å². The zero-order valence-electron chi connectivity index (χ0n) is 11.1. The fourth-order valence-corrected chi connectivity index (χ4v) is 1.63. The molecule has 6 nitrogen and oxygen atoms in total. The number of amides is 1. The van der Waals surface area contributed by atoms with E-state index in [1.165, 1.54) is 12.3 Å². The highest BCUT2D eigenvalue weighted by atomic mass is 16.2. The summed E-state index contributed by atoms with van der Waals surface area (Å²) in [6.07, 6.45) is 4.70. The Morgan fingerprint density at radius 2 is 2.21 bits per heavy atom. The molecule has 0 aliphatic heterocycles. The fraction of sp³-hybridized carbons (Fsp3) is 0.308. The van der Waals surface area contributed by atoms with Crippen LogP contribution < -0.4 is 10.7 Å². The van der Waals surface area contributed by atoms with E-state index in [0.29, 0.717) is 11.4 Å². The van der Waals surface area contributed by atoms with E-state index in [1.807, 2.05) is 13.8 Å². The molecule has 2 heterocycles. The third-order valence-corrected chi connectivity index (χ3v) is 2.69. The number of aromatic amines is 1. The number of pyridine rings is 1. The van der Waals surface area contributed by atoms with Gasteiger partial charge in [-0.25, -0.2) is 0 Å². The van der Waals surface area contributed by atoms with E-state index >= 15 is 0 Å². The van der Waals surface area contributed by atoms with Gasteiger partial charge >= 0.3 is 0 Å². The lowest BCUT2D eigenvalue weighted by Crippen LogP contribution is -2.21. The minimum absolute atomic E-state index is 0.0860. The third-order valence-electron chi connectivity index (χ3n) is 2.69. The maximum Gasteiger partial charge on any atom is 0.261 e. The van der Waals surface area contributed by atoms with Gasteiger partial charge in [-0.15, -0.1) is 0 Å². The van der Waals surface area contributed by atoms with Crippen molar-refractivity contribution in [3.63, 3.8) is 0 Å². The molecule has 2 N–H and O–H groups in total. The largest absolute Gasteiger partial charge is 0.364 e. The van der Waals surface area contributed by atoms with Gasteiger partial charge in [0.15, 0.2) is 5.43 Å². The van der Waals surface area contributed by atoms with Gasteiger partial charge in [-0.1, -0.05) is 0 Å². The Labute approximate surface area is 110 Å². The molecule has 0 radical (unpaired) electrons. The van der Waals surface area contributed by atoms with Gasteiger partial charge in [-0.3, -0.25) is 14.3 Å². The molecular formula is C13H16N4O2. The molecule has 2 aromatic heterocycles. The maximum atomic E-state index is 12.0. The number of H-pyrrole nitrogens is 1. The molecule has 6 heteroatoms. The lowest BCUT2D eigenvalue weighted by atomic mass is 10.2. The van der Waals surface area contributed by atoms with Crippen LogP contribution in [0.5, 0.6) is 0 Å². The van der Waals surface area contributed by atoms with Gasteiger partial charge in [0.25, 0.3) is 5.91 Å². The van der Waals surface area contributed by atoms with Crippen molar-refractivity contribution >= 4 is 11.6 Å². The zero-order chi connectivity index (χ0) is 14.0. The Morgan fingerprint density at radius 1 is 1.47 bits per heavy atom. The Bertz CT molecular complexity index is 655. The maximum absolute atomic E-state index is 12.0. The van der Waals surface area contributed by atoms with Crippen molar-refractivity contribution in [3.05, 3.63) is 46.1 Å². The normalized spacial score (nSPS) is 10.7. The Kier molecular flexibility index (Phi) is 3.50. The van der Waals surface area contributed by atoms with Crippen LogP contribution >= 0.6 is 0 Å². The number of carbonyl (C=O) groups excluding carboxylic acids is 1. The van der Waals surface area contributed by atoms with Gasteiger partial charge in [0.2, 0.25) is 0 Å². The summed E-state index contributed by atoms with van der Waals surface area (Å²) in [5, 5.41) is 6.77. The van der Waals surface area contributed by atoms with E-state index in [2.05, 4.69) is 15.4 Å². The van der Waals surface area contributed by atoms with Crippen molar-refractivity contribution < 1.29 is 4.79 Å². The predicted octanol–water partition coefficient (Wildman–Crippen LogP) is 1.71. The van der Waals surface area contributed by atoms with Crippen molar-refractivity contribution in [2.24, 2.45) is 0 Å². The second kappa shape index (κ2) is 5.09. The number of aromatic nitrogens is 3. The van der Waals surface area contributed by atoms with E-state index in [0.717, 1.165) is 0 Å². The predicted molar refractivity (Wildman–Crippen MR) is 72.4 cm³/mol. The monoisotopic (exact) mass is 260 g/mol. The number of carbonyl (C=O) groups is 1. The molecule has 0 saturated heterocycles. The molecule has 0 aliphatic rings. The summed E-state index contributed by atoms with van der Waals surface area (Å²) in [4.78, 5) is 26.5. The molecule has 0 atom stereocenters. The third kappa shape index (κ3) is 2.90. The van der Waals surface area contributed by atoms with Crippen LogP contribution in [0.3, 0.4) is 0 Å². The van der Waals surface area contributed by atoms with Crippen molar-refractivity contribution in [2.45, 2.75) is 26.8 Å². The number of rotatable bonds is 3. The zero-order valence-corrected chi connectivity index (χ0v) is 11.1. The van der Waals surface area contributed by atoms with Crippen LogP contribution in [-0.2, 0) is 0 Å². The summed E-state index contributed by atoms with van der Waals surface area (Å²) in [6.45, 7) is 5.74. The molecule has 0 saturated carbocycles. The van der Waals surface area contributed by atoms with E-state index in [1.54, 1.807) is 24.0 Å². The first kappa shape index (κ1) is 13.1. The van der Waals surface area contributed by atoms with Crippen molar-refractivity contribution in [1.82, 2.24) is 14.8 Å². The molecule has 0 spiro atoms. The number of hydrogen-bond acceptors (Lipinski definition) is 3. The van der Waals surface area contributed by atoms with Crippen molar-refractivity contribution in [3.8, 4) is 0 Å². The topological polar surface area (TPSA) is 79.8 Å². The first-order valence-corrected chi connectivity index (χ1v) is 6.02. The van der Waals surface area contributed by atoms with Gasteiger partial charge in [-0.2, -0.15) is 5.10 Å². The van der Waals surface area contributed by atoms with Crippen LogP contribution in [-0.4, -0.2) is 20.7 Å². The van der Waals surface area contributed by atoms with Gasteiger partial charge in [-0.05, 0) is 20.8 Å². The van der Waals surface area contributed by atoms with Gasteiger partial charge in [0.05, 0.1) is 11.9 Å². The molecule has 2 aromatic rings. The summed E-state index contributed by atoms with van der Waals surface area (Å²) in [5.74, 6) is -0.440. The highest BCUT2D eigenvalue weighted by Crippen LogP contribution is 2.10. The number of nitrogens with zero attached hydrogens (tertiary/aromatic N) is 2. The molecule has 0 aliphatic carbocycles. The number of hydrogen-bond donors (Lipinski definition) is 2. The highest BCUT2D eigenvalue weighted by Gasteiger charge is 2.11. The average Bonchev–Trinajstić information content (AvgIpc) is 2.77. The molecule has 0 bridgehead atoms. The van der Waals surface area contributed by atoms with Crippen LogP contribution in [0.15, 0.2) is 29.5 Å². The highest BCUT2D eigenvalue weighted by molar-refractivity contribution is 6.03. The molecule has 0 aromatic carbocycles. The minimum Gasteiger partial charge on any atom is -0.364 e. The molecule has 2 rings (SSSR count). The molecule has 100 valence electrons. The average molecular weight is 260 g/mol. The van der Waals surface area contributed by atoms with Crippen LogP contribution in [0.4, 0.5) is 5.69 Å². The fourth-order valence-electron chi connectivity index (χ4n) is 1.63. The Morgan fingerprint density at radius 3 is 2.79 bits per heavy atom. The number of anilines is 1. The molecule has 1 amide bonds. The van der Waals surface area contributed by atoms with E-state index < -0.39 is 5.91 Å². The van der Waals surface area contributed by atoms with Crippen LogP contribution in [0.2, 0.25) is 0 Å². The molecule has 0 fully saturated rings. The molecular weight excluding hydrogens is 244 g/mol. The Balaban J connectivity index is 2.18. The van der Waals surface area contributed by atoms with E-state index in [-0.39, 0.29) is 17.0 Å². The van der Waals surface area contributed by atoms with Crippen LogP contribution in [0.25, 0.3) is 0 Å². The van der Waals surface area contributed by atoms with Crippen LogP contribution in [0, 0.1) is 6.92 Å². The SMILES string of the molecule is Cc1cc(=O)c(C(=O)Nc2cnn(C(C)C)c2)c[nH]1. The van der Waals surface area contributed by atoms with Crippen molar-refractivity contribution in [2.75, 3.05) is 5.32 Å². The first-order valence-electron chi connectivity index (χ1n) is 6.02. The van der Waals surface area contributed by atoms with Crippen molar-refractivity contribution in [1.29, 1.82) is 0 Å². The van der Waals surface area contributed by atoms with E-state index in [4.69, 9.17) is 0 Å². The summed E-state index contributed by atoms with van der Waals surface area (Å²) in [5.41, 5.74) is 1.07. The summed E-state index contributed by atoms with van der Waals surface area (Å²) in [7, 11) is 0. The lowest BCUT2D eigenvalue weighted by molar-refractivity contribution is 0.102. The lowest BCUT2D eigenvalue weighted by Gasteiger charge is -2.04. The quantitative estimate of drug-likeness (QED) is 0.881. The summed E-state index contributed by atoms with van der Waals surface area (Å²) in [6, 6.07) is 1.61. The number of nitrogens with one attached hydrogen (secondary N) is 2.